The van der Waals surface area contributed by atoms with Crippen LogP contribution in [0.2, 0.25) is 5.02 Å². The quantitative estimate of drug-likeness (QED) is 0.869. The Kier molecular flexibility index (Phi) is 5.64. The van der Waals surface area contributed by atoms with E-state index in [1.54, 1.807) is 12.1 Å². The van der Waals surface area contributed by atoms with Crippen LogP contribution >= 0.6 is 11.6 Å². The van der Waals surface area contributed by atoms with Crippen molar-refractivity contribution in [3.8, 4) is 5.75 Å². The van der Waals surface area contributed by atoms with E-state index in [4.69, 9.17) is 26.2 Å². The second-order valence-corrected chi connectivity index (χ2v) is 5.13. The van der Waals surface area contributed by atoms with Gasteiger partial charge in [-0.15, -0.1) is 0 Å². The van der Waals surface area contributed by atoms with Gasteiger partial charge in [0.1, 0.15) is 12.4 Å². The van der Waals surface area contributed by atoms with E-state index < -0.39 is 5.97 Å². The molecule has 0 saturated carbocycles. The molecule has 1 atom stereocenters. The van der Waals surface area contributed by atoms with Crippen molar-refractivity contribution in [3.05, 3.63) is 29.3 Å². The molecule has 0 aromatic heterocycles. The van der Waals surface area contributed by atoms with Gasteiger partial charge < -0.3 is 14.6 Å². The third-order valence-electron chi connectivity index (χ3n) is 3.12. The van der Waals surface area contributed by atoms with Gasteiger partial charge in [-0.05, 0) is 24.3 Å². The van der Waals surface area contributed by atoms with E-state index in [2.05, 4.69) is 4.90 Å². The van der Waals surface area contributed by atoms with Gasteiger partial charge in [0.15, 0.2) is 0 Å². The number of morpholine rings is 1. The summed E-state index contributed by atoms with van der Waals surface area (Å²) in [6.45, 7) is 3.32. The third kappa shape index (κ3) is 5.00. The van der Waals surface area contributed by atoms with Crippen LogP contribution in [0, 0.1) is 0 Å². The van der Waals surface area contributed by atoms with Crippen LogP contribution in [-0.2, 0) is 9.53 Å². The van der Waals surface area contributed by atoms with E-state index in [9.17, 15) is 4.79 Å². The number of aliphatic carboxylic acids is 1. The zero-order chi connectivity index (χ0) is 14.4. The molecular formula is C14H18ClNO4. The lowest BCUT2D eigenvalue weighted by atomic mass is 10.2. The number of ether oxygens (including phenoxy) is 2. The third-order valence-corrected chi connectivity index (χ3v) is 3.37. The minimum Gasteiger partial charge on any atom is -0.492 e. The molecule has 1 aromatic rings. The van der Waals surface area contributed by atoms with E-state index >= 15 is 0 Å². The van der Waals surface area contributed by atoms with Gasteiger partial charge in [0.05, 0.1) is 19.1 Å². The fourth-order valence-corrected chi connectivity index (χ4v) is 2.25. The van der Waals surface area contributed by atoms with Crippen molar-refractivity contribution in [2.24, 2.45) is 0 Å². The first-order valence-corrected chi connectivity index (χ1v) is 6.95. The van der Waals surface area contributed by atoms with Gasteiger partial charge in [0.2, 0.25) is 0 Å². The number of carboxylic acids is 1. The van der Waals surface area contributed by atoms with Crippen molar-refractivity contribution < 1.29 is 19.4 Å². The highest BCUT2D eigenvalue weighted by Crippen LogP contribution is 2.15. The summed E-state index contributed by atoms with van der Waals surface area (Å²) in [4.78, 5) is 12.8. The molecule has 1 saturated heterocycles. The van der Waals surface area contributed by atoms with Crippen molar-refractivity contribution in [1.29, 1.82) is 0 Å². The number of carbonyl (C=O) groups is 1. The van der Waals surface area contributed by atoms with Crippen molar-refractivity contribution >= 4 is 17.6 Å². The highest BCUT2D eigenvalue weighted by Gasteiger charge is 2.22. The van der Waals surface area contributed by atoms with Crippen LogP contribution in [0.25, 0.3) is 0 Å². The first-order valence-electron chi connectivity index (χ1n) is 6.57. The molecule has 0 spiro atoms. The molecule has 1 aliphatic rings. The average molecular weight is 300 g/mol. The lowest BCUT2D eigenvalue weighted by Gasteiger charge is -2.32. The van der Waals surface area contributed by atoms with E-state index in [1.165, 1.54) is 0 Å². The number of halogens is 1. The Hall–Kier alpha value is -1.30. The van der Waals surface area contributed by atoms with Gasteiger partial charge in [-0.1, -0.05) is 11.6 Å². The van der Waals surface area contributed by atoms with Gasteiger partial charge >= 0.3 is 5.97 Å². The Morgan fingerprint density at radius 3 is 2.90 bits per heavy atom. The number of rotatable bonds is 6. The largest absolute Gasteiger partial charge is 0.492 e. The molecule has 0 aliphatic carbocycles. The molecule has 1 aromatic carbocycles. The van der Waals surface area contributed by atoms with Gasteiger partial charge in [-0.25, -0.2) is 0 Å². The summed E-state index contributed by atoms with van der Waals surface area (Å²) in [5, 5.41) is 9.45. The molecule has 0 bridgehead atoms. The summed E-state index contributed by atoms with van der Waals surface area (Å²) in [6, 6.07) is 7.23. The molecule has 1 N–H and O–H groups in total. The summed E-state index contributed by atoms with van der Waals surface area (Å²) in [7, 11) is 0. The highest BCUT2D eigenvalue weighted by atomic mass is 35.5. The summed E-state index contributed by atoms with van der Waals surface area (Å²) in [5.41, 5.74) is 0. The Bertz CT molecular complexity index is 437. The monoisotopic (exact) mass is 299 g/mol. The van der Waals surface area contributed by atoms with E-state index in [-0.39, 0.29) is 12.5 Å². The van der Waals surface area contributed by atoms with E-state index in [0.29, 0.717) is 24.8 Å². The van der Waals surface area contributed by atoms with Crippen LogP contribution in [0.1, 0.15) is 6.42 Å². The maximum Gasteiger partial charge on any atom is 0.306 e. The molecule has 1 aliphatic heterocycles. The maximum absolute atomic E-state index is 10.7. The molecule has 1 fully saturated rings. The zero-order valence-electron chi connectivity index (χ0n) is 11.1. The standard InChI is InChI=1S/C14H18ClNO4/c15-11-1-3-12(4-2-11)19-7-5-16-6-8-20-13(10-16)9-14(17)18/h1-4,13H,5-10H2,(H,17,18). The lowest BCUT2D eigenvalue weighted by molar-refractivity contribution is -0.142. The first-order chi connectivity index (χ1) is 9.63. The molecule has 0 amide bonds. The van der Waals surface area contributed by atoms with E-state index in [1.807, 2.05) is 12.1 Å². The smallest absolute Gasteiger partial charge is 0.306 e. The van der Waals surface area contributed by atoms with Crippen LogP contribution in [0.4, 0.5) is 0 Å². The van der Waals surface area contributed by atoms with Crippen LogP contribution in [0.3, 0.4) is 0 Å². The summed E-state index contributed by atoms with van der Waals surface area (Å²) in [5.74, 6) is -0.0426. The summed E-state index contributed by atoms with van der Waals surface area (Å²) >= 11 is 5.80. The second-order valence-electron chi connectivity index (χ2n) is 4.69. The van der Waals surface area contributed by atoms with Crippen LogP contribution in [-0.4, -0.2) is 54.9 Å². The Morgan fingerprint density at radius 1 is 1.45 bits per heavy atom. The molecule has 110 valence electrons. The molecular weight excluding hydrogens is 282 g/mol. The van der Waals surface area contributed by atoms with Crippen molar-refractivity contribution in [2.45, 2.75) is 12.5 Å². The fraction of sp³-hybridized carbons (Fsp3) is 0.500. The second kappa shape index (κ2) is 7.47. The number of hydrogen-bond acceptors (Lipinski definition) is 4. The minimum absolute atomic E-state index is 0.0501. The number of nitrogens with zero attached hydrogens (tertiary/aromatic N) is 1. The maximum atomic E-state index is 10.7. The van der Waals surface area contributed by atoms with Crippen molar-refractivity contribution in [3.63, 3.8) is 0 Å². The van der Waals surface area contributed by atoms with Crippen LogP contribution in [0.5, 0.6) is 5.75 Å². The van der Waals surface area contributed by atoms with Gasteiger partial charge in [-0.2, -0.15) is 0 Å². The molecule has 6 heteroatoms. The Balaban J connectivity index is 1.70. The van der Waals surface area contributed by atoms with Crippen LogP contribution < -0.4 is 4.74 Å². The van der Waals surface area contributed by atoms with Gasteiger partial charge in [-0.3, -0.25) is 9.69 Å². The molecule has 20 heavy (non-hydrogen) atoms. The zero-order valence-corrected chi connectivity index (χ0v) is 11.9. The topological polar surface area (TPSA) is 59.0 Å². The Labute approximate surface area is 123 Å². The van der Waals surface area contributed by atoms with Crippen molar-refractivity contribution in [2.75, 3.05) is 32.8 Å². The molecule has 1 heterocycles. The lowest BCUT2D eigenvalue weighted by Crippen LogP contribution is -2.44. The predicted molar refractivity (Wildman–Crippen MR) is 75.4 cm³/mol. The number of carboxylic acid groups (broad SMARTS) is 1. The molecule has 0 radical (unpaired) electrons. The number of hydrogen-bond donors (Lipinski definition) is 1. The first kappa shape index (κ1) is 15.1. The van der Waals surface area contributed by atoms with Crippen molar-refractivity contribution in [1.82, 2.24) is 4.90 Å². The molecule has 5 nitrogen and oxygen atoms in total. The number of benzene rings is 1. The fourth-order valence-electron chi connectivity index (χ4n) is 2.13. The minimum atomic E-state index is -0.825. The normalized spacial score (nSPS) is 19.8. The molecule has 1 unspecified atom stereocenters. The highest BCUT2D eigenvalue weighted by molar-refractivity contribution is 6.30. The molecule has 2 rings (SSSR count). The van der Waals surface area contributed by atoms with Gasteiger partial charge in [0, 0.05) is 24.7 Å². The Morgan fingerprint density at radius 2 is 2.20 bits per heavy atom. The summed E-state index contributed by atoms with van der Waals surface area (Å²) < 4.78 is 11.0. The SMILES string of the molecule is O=C(O)CC1CN(CCOc2ccc(Cl)cc2)CCO1. The average Bonchev–Trinajstić information content (AvgIpc) is 2.41. The predicted octanol–water partition coefficient (Wildman–Crippen LogP) is 1.89. The van der Waals surface area contributed by atoms with Crippen LogP contribution in [0.15, 0.2) is 24.3 Å². The van der Waals surface area contributed by atoms with E-state index in [0.717, 1.165) is 18.8 Å². The van der Waals surface area contributed by atoms with Gasteiger partial charge in [0.25, 0.3) is 0 Å². The summed E-state index contributed by atoms with van der Waals surface area (Å²) in [6.07, 6.45) is -0.175.